The zero-order valence-corrected chi connectivity index (χ0v) is 12.0. The lowest BCUT2D eigenvalue weighted by Crippen LogP contribution is -2.39. The van der Waals surface area contributed by atoms with E-state index in [-0.39, 0.29) is 12.5 Å². The van der Waals surface area contributed by atoms with E-state index in [4.69, 9.17) is 10.5 Å². The molecule has 0 spiro atoms. The lowest BCUT2D eigenvalue weighted by molar-refractivity contribution is -0.136. The molecule has 0 heterocycles. The van der Waals surface area contributed by atoms with E-state index in [9.17, 15) is 4.79 Å². The molecule has 1 aliphatic rings. The summed E-state index contributed by atoms with van der Waals surface area (Å²) < 4.78 is 5.47. The normalized spacial score (nSPS) is 14.2. The largest absolute Gasteiger partial charge is 0.371 e. The smallest absolute Gasteiger partial charge is 0.248 e. The SMILES string of the molecule is NCCN(CCc1ccccc1)C(=O)COCC1CC1. The highest BCUT2D eigenvalue weighted by Gasteiger charge is 2.22. The topological polar surface area (TPSA) is 55.6 Å². The fourth-order valence-electron chi connectivity index (χ4n) is 2.11. The minimum atomic E-state index is 0.0482. The highest BCUT2D eigenvalue weighted by molar-refractivity contribution is 5.77. The zero-order chi connectivity index (χ0) is 14.2. The number of carbonyl (C=O) groups is 1. The van der Waals surface area contributed by atoms with Gasteiger partial charge in [0.05, 0.1) is 6.61 Å². The van der Waals surface area contributed by atoms with Crippen LogP contribution >= 0.6 is 0 Å². The van der Waals surface area contributed by atoms with Crippen LogP contribution in [0.4, 0.5) is 0 Å². The van der Waals surface area contributed by atoms with Crippen molar-refractivity contribution in [1.82, 2.24) is 4.90 Å². The first-order chi connectivity index (χ1) is 9.79. The number of rotatable bonds is 9. The summed E-state index contributed by atoms with van der Waals surface area (Å²) >= 11 is 0. The fraction of sp³-hybridized carbons (Fsp3) is 0.562. The molecule has 110 valence electrons. The maximum Gasteiger partial charge on any atom is 0.248 e. The van der Waals surface area contributed by atoms with E-state index >= 15 is 0 Å². The van der Waals surface area contributed by atoms with Crippen molar-refractivity contribution in [1.29, 1.82) is 0 Å². The molecular formula is C16H24N2O2. The lowest BCUT2D eigenvalue weighted by atomic mass is 10.1. The van der Waals surface area contributed by atoms with Gasteiger partial charge in [-0.3, -0.25) is 4.79 Å². The van der Waals surface area contributed by atoms with Gasteiger partial charge in [0, 0.05) is 19.6 Å². The van der Waals surface area contributed by atoms with Crippen molar-refractivity contribution in [3.63, 3.8) is 0 Å². The van der Waals surface area contributed by atoms with Gasteiger partial charge in [0.2, 0.25) is 5.91 Å². The molecule has 0 aromatic heterocycles. The molecule has 20 heavy (non-hydrogen) atoms. The molecule has 4 nitrogen and oxygen atoms in total. The Labute approximate surface area is 120 Å². The molecule has 2 N–H and O–H groups in total. The summed E-state index contributed by atoms with van der Waals surface area (Å²) in [5.74, 6) is 0.738. The summed E-state index contributed by atoms with van der Waals surface area (Å²) in [4.78, 5) is 13.9. The van der Waals surface area contributed by atoms with E-state index in [2.05, 4.69) is 12.1 Å². The molecular weight excluding hydrogens is 252 g/mol. The number of hydrogen-bond donors (Lipinski definition) is 1. The van der Waals surface area contributed by atoms with Gasteiger partial charge in [-0.15, -0.1) is 0 Å². The molecule has 0 aliphatic heterocycles. The first kappa shape index (κ1) is 15.0. The third kappa shape index (κ3) is 5.31. The third-order valence-corrected chi connectivity index (χ3v) is 3.54. The molecule has 1 aromatic carbocycles. The second kappa shape index (κ2) is 8.02. The van der Waals surface area contributed by atoms with Crippen molar-refractivity contribution in [2.75, 3.05) is 32.8 Å². The van der Waals surface area contributed by atoms with Crippen LogP contribution < -0.4 is 5.73 Å². The Bertz CT molecular complexity index is 404. The second-order valence-electron chi connectivity index (χ2n) is 5.36. The van der Waals surface area contributed by atoms with E-state index in [0.717, 1.165) is 13.0 Å². The van der Waals surface area contributed by atoms with Crippen LogP contribution in [0, 0.1) is 5.92 Å². The second-order valence-corrected chi connectivity index (χ2v) is 5.36. The first-order valence-corrected chi connectivity index (χ1v) is 7.39. The van der Waals surface area contributed by atoms with Gasteiger partial charge in [-0.05, 0) is 30.7 Å². The van der Waals surface area contributed by atoms with Gasteiger partial charge in [-0.25, -0.2) is 0 Å². The predicted molar refractivity (Wildman–Crippen MR) is 79.3 cm³/mol. The van der Waals surface area contributed by atoms with E-state index in [0.29, 0.717) is 25.6 Å². The van der Waals surface area contributed by atoms with E-state index in [1.54, 1.807) is 4.90 Å². The zero-order valence-electron chi connectivity index (χ0n) is 12.0. The third-order valence-electron chi connectivity index (χ3n) is 3.54. The van der Waals surface area contributed by atoms with E-state index in [1.807, 2.05) is 18.2 Å². The standard InChI is InChI=1S/C16H24N2O2/c17-9-11-18(10-8-14-4-2-1-3-5-14)16(19)13-20-12-15-6-7-15/h1-5,15H,6-13,17H2. The van der Waals surface area contributed by atoms with Crippen LogP contribution in [0.5, 0.6) is 0 Å². The molecule has 0 bridgehead atoms. The van der Waals surface area contributed by atoms with Crippen LogP contribution in [0.3, 0.4) is 0 Å². The minimum absolute atomic E-state index is 0.0482. The molecule has 2 rings (SSSR count). The molecule has 0 radical (unpaired) electrons. The van der Waals surface area contributed by atoms with Crippen LogP contribution in [-0.2, 0) is 16.0 Å². The summed E-state index contributed by atoms with van der Waals surface area (Å²) in [6.45, 7) is 2.70. The first-order valence-electron chi connectivity index (χ1n) is 7.39. The van der Waals surface area contributed by atoms with Crippen LogP contribution in [0.15, 0.2) is 30.3 Å². The van der Waals surface area contributed by atoms with Crippen LogP contribution in [0.25, 0.3) is 0 Å². The van der Waals surface area contributed by atoms with Crippen molar-refractivity contribution in [2.24, 2.45) is 11.7 Å². The Morgan fingerprint density at radius 3 is 2.65 bits per heavy atom. The van der Waals surface area contributed by atoms with Gasteiger partial charge < -0.3 is 15.4 Å². The number of hydrogen-bond acceptors (Lipinski definition) is 3. The molecule has 1 aliphatic carbocycles. The van der Waals surface area contributed by atoms with Crippen molar-refractivity contribution in [3.8, 4) is 0 Å². The summed E-state index contributed by atoms with van der Waals surface area (Å²) in [5.41, 5.74) is 6.83. The molecule has 0 unspecified atom stereocenters. The molecule has 1 saturated carbocycles. The Balaban J connectivity index is 1.74. The summed E-state index contributed by atoms with van der Waals surface area (Å²) in [5, 5.41) is 0. The molecule has 1 aromatic rings. The summed E-state index contributed by atoms with van der Waals surface area (Å²) in [7, 11) is 0. The Morgan fingerprint density at radius 2 is 2.00 bits per heavy atom. The Hall–Kier alpha value is -1.39. The average molecular weight is 276 g/mol. The number of benzene rings is 1. The lowest BCUT2D eigenvalue weighted by Gasteiger charge is -2.22. The summed E-state index contributed by atoms with van der Waals surface area (Å²) in [6, 6.07) is 10.2. The molecule has 1 fully saturated rings. The number of amides is 1. The van der Waals surface area contributed by atoms with Crippen LogP contribution in [-0.4, -0.2) is 43.7 Å². The van der Waals surface area contributed by atoms with Gasteiger partial charge in [-0.1, -0.05) is 30.3 Å². The molecule has 0 saturated heterocycles. The van der Waals surface area contributed by atoms with Gasteiger partial charge in [-0.2, -0.15) is 0 Å². The van der Waals surface area contributed by atoms with Gasteiger partial charge in [0.15, 0.2) is 0 Å². The van der Waals surface area contributed by atoms with Crippen molar-refractivity contribution < 1.29 is 9.53 Å². The number of nitrogens with two attached hydrogens (primary N) is 1. The van der Waals surface area contributed by atoms with Crippen molar-refractivity contribution in [3.05, 3.63) is 35.9 Å². The van der Waals surface area contributed by atoms with Crippen molar-refractivity contribution in [2.45, 2.75) is 19.3 Å². The predicted octanol–water partition coefficient (Wildman–Crippen LogP) is 1.44. The number of carbonyl (C=O) groups excluding carboxylic acids is 1. The van der Waals surface area contributed by atoms with Crippen LogP contribution in [0.2, 0.25) is 0 Å². The van der Waals surface area contributed by atoms with Gasteiger partial charge >= 0.3 is 0 Å². The monoisotopic (exact) mass is 276 g/mol. The fourth-order valence-corrected chi connectivity index (χ4v) is 2.11. The highest BCUT2D eigenvalue weighted by Crippen LogP contribution is 2.28. The molecule has 1 amide bonds. The number of ether oxygens (including phenoxy) is 1. The highest BCUT2D eigenvalue weighted by atomic mass is 16.5. The van der Waals surface area contributed by atoms with E-state index < -0.39 is 0 Å². The summed E-state index contributed by atoms with van der Waals surface area (Å²) in [6.07, 6.45) is 3.35. The van der Waals surface area contributed by atoms with Gasteiger partial charge in [0.1, 0.15) is 6.61 Å². The molecule has 0 atom stereocenters. The maximum absolute atomic E-state index is 12.1. The molecule has 4 heteroatoms. The maximum atomic E-state index is 12.1. The van der Waals surface area contributed by atoms with Crippen molar-refractivity contribution >= 4 is 5.91 Å². The van der Waals surface area contributed by atoms with E-state index in [1.165, 1.54) is 18.4 Å². The quantitative estimate of drug-likeness (QED) is 0.742. The number of nitrogens with zero attached hydrogens (tertiary/aromatic N) is 1. The van der Waals surface area contributed by atoms with Crippen LogP contribution in [0.1, 0.15) is 18.4 Å². The Kier molecular flexibility index (Phi) is 6.02. The Morgan fingerprint density at radius 1 is 1.25 bits per heavy atom. The minimum Gasteiger partial charge on any atom is -0.371 e. The average Bonchev–Trinajstić information content (AvgIpc) is 3.28. The van der Waals surface area contributed by atoms with Gasteiger partial charge in [0.25, 0.3) is 0 Å².